The molecule has 1 aliphatic carbocycles. The van der Waals surface area contributed by atoms with Crippen molar-refractivity contribution in [2.24, 2.45) is 0 Å². The zero-order valence-electron chi connectivity index (χ0n) is 9.64. The second-order valence-corrected chi connectivity index (χ2v) is 5.94. The first-order valence-corrected chi connectivity index (χ1v) is 6.64. The third-order valence-electron chi connectivity index (χ3n) is 3.34. The molecule has 0 aromatic heterocycles. The van der Waals surface area contributed by atoms with Gasteiger partial charge in [-0.05, 0) is 13.5 Å². The summed E-state index contributed by atoms with van der Waals surface area (Å²) in [4.78, 5) is 12.7. The molecule has 0 aromatic carbocycles. The molecule has 6 nitrogen and oxygen atoms in total. The lowest BCUT2D eigenvalue weighted by molar-refractivity contribution is -0.135. The smallest absolute Gasteiger partial charge is 0.478 e. The first kappa shape index (κ1) is 14.1. The third-order valence-corrected chi connectivity index (χ3v) is 4.33. The average molecular weight is 301 g/mol. The van der Waals surface area contributed by atoms with Crippen LogP contribution < -0.4 is 0 Å². The molecule has 1 N–H and O–H groups in total. The summed E-state index contributed by atoms with van der Waals surface area (Å²) in [6.45, 7) is 0. The lowest BCUT2D eigenvalue weighted by atomic mass is 9.79. The van der Waals surface area contributed by atoms with Crippen LogP contribution in [0.5, 0.6) is 0 Å². The van der Waals surface area contributed by atoms with Gasteiger partial charge in [0.15, 0.2) is 0 Å². The van der Waals surface area contributed by atoms with E-state index in [1.807, 2.05) is 0 Å². The minimum absolute atomic E-state index is 0.163. The van der Waals surface area contributed by atoms with Crippen molar-refractivity contribution in [3.8, 4) is 0 Å². The number of halogens is 3. The number of aliphatic carboxylic acids is 1. The molecule has 19 heavy (non-hydrogen) atoms. The Bertz CT molecular complexity index is 553. The standard InChI is InChI=1S/C9H10F3NO5S/c1-13-4-2-5(13)7(8(14)15)6(3-4)18-19(16,17)9(10,11)12/h4-5H,2-3H2,1H3,(H,14,15). The van der Waals surface area contributed by atoms with Crippen LogP contribution in [0, 0.1) is 0 Å². The quantitative estimate of drug-likeness (QED) is 0.609. The Morgan fingerprint density at radius 3 is 2.47 bits per heavy atom. The fourth-order valence-corrected chi connectivity index (χ4v) is 2.80. The molecule has 2 bridgehead atoms. The number of nitrogens with zero attached hydrogens (tertiary/aromatic N) is 1. The van der Waals surface area contributed by atoms with Crippen LogP contribution in [0.15, 0.2) is 11.3 Å². The lowest BCUT2D eigenvalue weighted by Crippen LogP contribution is -2.59. The summed E-state index contributed by atoms with van der Waals surface area (Å²) in [6.07, 6.45) is 0.307. The van der Waals surface area contributed by atoms with E-state index in [0.717, 1.165) is 0 Å². The van der Waals surface area contributed by atoms with Crippen LogP contribution in [0.25, 0.3) is 0 Å². The van der Waals surface area contributed by atoms with Crippen molar-refractivity contribution in [2.45, 2.75) is 30.4 Å². The second-order valence-electron chi connectivity index (χ2n) is 4.40. The zero-order chi connectivity index (χ0) is 14.6. The highest BCUT2D eigenvalue weighted by molar-refractivity contribution is 7.87. The first-order valence-electron chi connectivity index (χ1n) is 5.23. The van der Waals surface area contributed by atoms with Crippen molar-refractivity contribution in [1.29, 1.82) is 0 Å². The molecule has 108 valence electrons. The Balaban J connectivity index is 2.36. The van der Waals surface area contributed by atoms with Gasteiger partial charge in [0.25, 0.3) is 0 Å². The highest BCUT2D eigenvalue weighted by Gasteiger charge is 2.53. The molecule has 0 amide bonds. The van der Waals surface area contributed by atoms with E-state index in [4.69, 9.17) is 5.11 Å². The van der Waals surface area contributed by atoms with Crippen LogP contribution in [-0.4, -0.2) is 49.0 Å². The van der Waals surface area contributed by atoms with Crippen molar-refractivity contribution < 1.29 is 35.7 Å². The highest BCUT2D eigenvalue weighted by atomic mass is 32.2. The Morgan fingerprint density at radius 2 is 2.05 bits per heavy atom. The molecule has 2 aliphatic heterocycles. The molecule has 0 radical (unpaired) electrons. The summed E-state index contributed by atoms with van der Waals surface area (Å²) >= 11 is 0. The Kier molecular flexibility index (Phi) is 3.05. The molecule has 1 fully saturated rings. The SMILES string of the molecule is CN1C2CC(OS(=O)(=O)C(F)(F)F)=C(C(=O)O)C1C2. The number of fused-ring (bicyclic) bond motifs is 1. The predicted molar refractivity (Wildman–Crippen MR) is 55.3 cm³/mol. The van der Waals surface area contributed by atoms with Gasteiger partial charge in [0, 0.05) is 18.5 Å². The molecule has 0 saturated carbocycles. The molecule has 1 saturated heterocycles. The van der Waals surface area contributed by atoms with E-state index < -0.39 is 39.0 Å². The Morgan fingerprint density at radius 1 is 1.47 bits per heavy atom. The monoisotopic (exact) mass is 301 g/mol. The number of hydrogen-bond donors (Lipinski definition) is 1. The minimum Gasteiger partial charge on any atom is -0.478 e. The van der Waals surface area contributed by atoms with Crippen molar-refractivity contribution >= 4 is 16.1 Å². The van der Waals surface area contributed by atoms with E-state index in [-0.39, 0.29) is 12.5 Å². The summed E-state index contributed by atoms with van der Waals surface area (Å²) in [5.41, 5.74) is -5.99. The number of carboxylic acids is 1. The van der Waals surface area contributed by atoms with Crippen molar-refractivity contribution in [3.63, 3.8) is 0 Å². The molecule has 10 heteroatoms. The normalized spacial score (nSPS) is 28.0. The van der Waals surface area contributed by atoms with Gasteiger partial charge >= 0.3 is 21.6 Å². The van der Waals surface area contributed by atoms with Gasteiger partial charge in [-0.15, -0.1) is 0 Å². The second kappa shape index (κ2) is 4.10. The van der Waals surface area contributed by atoms with E-state index in [0.29, 0.717) is 6.42 Å². The van der Waals surface area contributed by atoms with Crippen LogP contribution in [0.2, 0.25) is 0 Å². The summed E-state index contributed by atoms with van der Waals surface area (Å²) < 4.78 is 62.4. The number of carboxylic acid groups (broad SMARTS) is 1. The van der Waals surface area contributed by atoms with Crippen LogP contribution in [0.1, 0.15) is 12.8 Å². The summed E-state index contributed by atoms with van der Waals surface area (Å²) in [5, 5.41) is 8.98. The van der Waals surface area contributed by atoms with Gasteiger partial charge in [-0.25, -0.2) is 4.79 Å². The topological polar surface area (TPSA) is 83.9 Å². The van der Waals surface area contributed by atoms with Gasteiger partial charge in [0.2, 0.25) is 0 Å². The van der Waals surface area contributed by atoms with Crippen LogP contribution in [0.3, 0.4) is 0 Å². The summed E-state index contributed by atoms with van der Waals surface area (Å²) in [5.74, 6) is -2.09. The minimum atomic E-state index is -5.82. The molecule has 2 atom stereocenters. The third kappa shape index (κ3) is 2.18. The van der Waals surface area contributed by atoms with Gasteiger partial charge in [-0.2, -0.15) is 21.6 Å². The fourth-order valence-electron chi connectivity index (χ4n) is 2.29. The maximum Gasteiger partial charge on any atom is 0.534 e. The van der Waals surface area contributed by atoms with Gasteiger partial charge < -0.3 is 9.29 Å². The summed E-state index contributed by atoms with van der Waals surface area (Å²) in [6, 6.07) is -0.791. The zero-order valence-corrected chi connectivity index (χ0v) is 10.5. The maximum absolute atomic E-state index is 12.2. The number of likely N-dealkylation sites (N-methyl/N-ethyl adjacent to an activating group) is 1. The molecular formula is C9H10F3NO5S. The molecule has 3 aliphatic rings. The van der Waals surface area contributed by atoms with Gasteiger partial charge in [0.05, 0.1) is 5.57 Å². The average Bonchev–Trinajstić information content (AvgIpc) is 2.25. The molecule has 3 rings (SSSR count). The predicted octanol–water partition coefficient (Wildman–Crippen LogP) is 0.668. The number of rotatable bonds is 3. The Labute approximate surface area is 106 Å². The van der Waals surface area contributed by atoms with Crippen LogP contribution in [-0.2, 0) is 19.1 Å². The molecule has 2 unspecified atom stereocenters. The summed E-state index contributed by atoms with van der Waals surface area (Å²) in [7, 11) is -4.20. The van der Waals surface area contributed by atoms with Crippen molar-refractivity contribution in [3.05, 3.63) is 11.3 Å². The van der Waals surface area contributed by atoms with E-state index in [1.54, 1.807) is 11.9 Å². The van der Waals surface area contributed by atoms with Crippen molar-refractivity contribution in [1.82, 2.24) is 4.90 Å². The Hall–Kier alpha value is -1.29. The first-order chi connectivity index (χ1) is 8.54. The van der Waals surface area contributed by atoms with E-state index in [9.17, 15) is 26.4 Å². The number of alkyl halides is 3. The van der Waals surface area contributed by atoms with Gasteiger partial charge in [-0.1, -0.05) is 0 Å². The van der Waals surface area contributed by atoms with Gasteiger partial charge in [0.1, 0.15) is 5.76 Å². The van der Waals surface area contributed by atoms with Crippen LogP contribution in [0.4, 0.5) is 13.2 Å². The number of hydrogen-bond acceptors (Lipinski definition) is 5. The van der Waals surface area contributed by atoms with Crippen LogP contribution >= 0.6 is 0 Å². The largest absolute Gasteiger partial charge is 0.534 e. The van der Waals surface area contributed by atoms with E-state index >= 15 is 0 Å². The maximum atomic E-state index is 12.2. The van der Waals surface area contributed by atoms with E-state index in [1.165, 1.54) is 0 Å². The molecule has 0 spiro atoms. The molecular weight excluding hydrogens is 291 g/mol. The number of carbonyl (C=O) groups is 1. The van der Waals surface area contributed by atoms with Gasteiger partial charge in [-0.3, -0.25) is 4.90 Å². The molecule has 0 aromatic rings. The highest BCUT2D eigenvalue weighted by Crippen LogP contribution is 2.42. The lowest BCUT2D eigenvalue weighted by Gasteiger charge is -2.50. The van der Waals surface area contributed by atoms with Crippen molar-refractivity contribution in [2.75, 3.05) is 7.05 Å². The molecule has 2 heterocycles. The van der Waals surface area contributed by atoms with E-state index in [2.05, 4.69) is 4.18 Å². The fraction of sp³-hybridized carbons (Fsp3) is 0.667.